The van der Waals surface area contributed by atoms with Crippen LogP contribution in [0.1, 0.15) is 16.2 Å². The van der Waals surface area contributed by atoms with E-state index in [0.29, 0.717) is 24.9 Å². The second-order valence-electron chi connectivity index (χ2n) is 8.11. The third kappa shape index (κ3) is 3.11. The van der Waals surface area contributed by atoms with Crippen molar-refractivity contribution in [3.05, 3.63) is 47.8 Å². The van der Waals surface area contributed by atoms with E-state index in [2.05, 4.69) is 20.2 Å². The maximum absolute atomic E-state index is 13.1. The van der Waals surface area contributed by atoms with E-state index in [1.54, 1.807) is 27.6 Å². The van der Waals surface area contributed by atoms with Gasteiger partial charge in [-0.3, -0.25) is 4.79 Å². The van der Waals surface area contributed by atoms with E-state index in [-0.39, 0.29) is 16.4 Å². The summed E-state index contributed by atoms with van der Waals surface area (Å²) in [5.74, 6) is 2.07. The average Bonchev–Trinajstić information content (AvgIpc) is 3.40. The van der Waals surface area contributed by atoms with E-state index in [1.807, 2.05) is 19.1 Å². The lowest BCUT2D eigenvalue weighted by Crippen LogP contribution is -2.34. The third-order valence-electron chi connectivity index (χ3n) is 6.02. The molecular formula is C20H22N6O3S. The van der Waals surface area contributed by atoms with Gasteiger partial charge in [0, 0.05) is 44.3 Å². The number of benzene rings is 1. The lowest BCUT2D eigenvalue weighted by Gasteiger charge is -2.23. The van der Waals surface area contributed by atoms with Gasteiger partial charge in [-0.25, -0.2) is 8.42 Å². The number of amides is 1. The first-order chi connectivity index (χ1) is 14.3. The Morgan fingerprint density at radius 3 is 2.40 bits per heavy atom. The monoisotopic (exact) mass is 426 g/mol. The lowest BCUT2D eigenvalue weighted by atomic mass is 10.0. The van der Waals surface area contributed by atoms with Crippen LogP contribution in [0.4, 0.5) is 5.82 Å². The first-order valence-corrected chi connectivity index (χ1v) is 11.7. The van der Waals surface area contributed by atoms with Gasteiger partial charge in [0.15, 0.2) is 21.3 Å². The fourth-order valence-electron chi connectivity index (χ4n) is 4.54. The molecule has 156 valence electrons. The van der Waals surface area contributed by atoms with Gasteiger partial charge in [-0.15, -0.1) is 15.3 Å². The number of carbonyl (C=O) groups is 1. The summed E-state index contributed by atoms with van der Waals surface area (Å²) in [4.78, 5) is 17.2. The van der Waals surface area contributed by atoms with E-state index in [9.17, 15) is 13.2 Å². The Kier molecular flexibility index (Phi) is 4.28. The number of aryl methyl sites for hydroxylation is 1. The Bertz CT molecular complexity index is 1240. The summed E-state index contributed by atoms with van der Waals surface area (Å²) in [7, 11) is -3.46. The van der Waals surface area contributed by atoms with Crippen molar-refractivity contribution in [1.29, 1.82) is 0 Å². The van der Waals surface area contributed by atoms with Crippen molar-refractivity contribution in [3.63, 3.8) is 0 Å². The summed E-state index contributed by atoms with van der Waals surface area (Å²) < 4.78 is 25.9. The fourth-order valence-corrected chi connectivity index (χ4v) is 5.42. The minimum Gasteiger partial charge on any atom is -0.354 e. The molecule has 30 heavy (non-hydrogen) atoms. The number of anilines is 1. The molecule has 0 N–H and O–H groups in total. The number of hydrogen-bond donors (Lipinski definition) is 0. The molecule has 1 amide bonds. The number of sulfone groups is 1. The highest BCUT2D eigenvalue weighted by Crippen LogP contribution is 2.34. The van der Waals surface area contributed by atoms with Crippen LogP contribution in [0.25, 0.3) is 5.65 Å². The molecule has 0 spiro atoms. The van der Waals surface area contributed by atoms with Crippen molar-refractivity contribution < 1.29 is 13.2 Å². The quantitative estimate of drug-likeness (QED) is 0.617. The molecule has 5 rings (SSSR count). The Hall–Kier alpha value is -3.01. The summed E-state index contributed by atoms with van der Waals surface area (Å²) in [6.07, 6.45) is 1.14. The maximum atomic E-state index is 13.1. The predicted molar refractivity (Wildman–Crippen MR) is 110 cm³/mol. The van der Waals surface area contributed by atoms with Crippen LogP contribution in [0, 0.1) is 18.8 Å². The zero-order chi connectivity index (χ0) is 21.0. The molecule has 3 aromatic rings. The topological polar surface area (TPSA) is 101 Å². The van der Waals surface area contributed by atoms with Crippen molar-refractivity contribution in [2.24, 2.45) is 11.8 Å². The Morgan fingerprint density at radius 2 is 1.70 bits per heavy atom. The highest BCUT2D eigenvalue weighted by Gasteiger charge is 2.42. The smallest absolute Gasteiger partial charge is 0.255 e. The van der Waals surface area contributed by atoms with Crippen molar-refractivity contribution in [3.8, 4) is 0 Å². The summed E-state index contributed by atoms with van der Waals surface area (Å²) >= 11 is 0. The van der Waals surface area contributed by atoms with Crippen LogP contribution in [0.15, 0.2) is 41.3 Å². The van der Waals surface area contributed by atoms with Gasteiger partial charge in [-0.1, -0.05) is 12.1 Å². The molecule has 4 heterocycles. The number of hydrogen-bond acceptors (Lipinski definition) is 7. The van der Waals surface area contributed by atoms with Crippen LogP contribution in [-0.2, 0) is 9.84 Å². The standard InChI is InChI=1S/C20H22N6O3S/c1-13-21-22-18-7-8-19(23-26(13)18)24-9-14-11-25(12-15(14)10-24)20(27)16-5-3-4-6-17(16)30(2,28)29/h3-8,14-15H,9-12H2,1-2H3. The van der Waals surface area contributed by atoms with Gasteiger partial charge in [-0.05, 0) is 31.2 Å². The second kappa shape index (κ2) is 6.76. The minimum atomic E-state index is -3.46. The lowest BCUT2D eigenvalue weighted by molar-refractivity contribution is 0.0778. The zero-order valence-electron chi connectivity index (χ0n) is 16.8. The van der Waals surface area contributed by atoms with Gasteiger partial charge in [0.05, 0.1) is 10.5 Å². The molecule has 2 aliphatic rings. The summed E-state index contributed by atoms with van der Waals surface area (Å²) in [5, 5.41) is 12.8. The van der Waals surface area contributed by atoms with Gasteiger partial charge in [0.25, 0.3) is 5.91 Å². The normalized spacial score (nSPS) is 21.4. The predicted octanol–water partition coefficient (Wildman–Crippen LogP) is 1.04. The molecule has 1 aromatic carbocycles. The molecule has 9 nitrogen and oxygen atoms in total. The highest BCUT2D eigenvalue weighted by atomic mass is 32.2. The van der Waals surface area contributed by atoms with Gasteiger partial charge < -0.3 is 9.80 Å². The molecule has 10 heteroatoms. The molecule has 0 bridgehead atoms. The fraction of sp³-hybridized carbons (Fsp3) is 0.400. The SMILES string of the molecule is Cc1nnc2ccc(N3CC4CN(C(=O)c5ccccc5S(C)(=O)=O)CC4C3)nn12. The summed E-state index contributed by atoms with van der Waals surface area (Å²) in [6.45, 7) is 4.72. The van der Waals surface area contributed by atoms with E-state index >= 15 is 0 Å². The van der Waals surface area contributed by atoms with Crippen LogP contribution >= 0.6 is 0 Å². The molecule has 2 fully saturated rings. The van der Waals surface area contributed by atoms with Crippen molar-refractivity contribution >= 4 is 27.2 Å². The van der Waals surface area contributed by atoms with Crippen LogP contribution in [0.5, 0.6) is 0 Å². The first-order valence-electron chi connectivity index (χ1n) is 9.83. The van der Waals surface area contributed by atoms with Crippen molar-refractivity contribution in [2.75, 3.05) is 37.3 Å². The molecule has 0 radical (unpaired) electrons. The number of aromatic nitrogens is 4. The number of fused-ring (bicyclic) bond motifs is 2. The number of likely N-dealkylation sites (tertiary alicyclic amines) is 1. The average molecular weight is 427 g/mol. The largest absolute Gasteiger partial charge is 0.354 e. The maximum Gasteiger partial charge on any atom is 0.255 e. The van der Waals surface area contributed by atoms with Crippen LogP contribution < -0.4 is 4.90 Å². The molecule has 0 saturated carbocycles. The molecule has 2 saturated heterocycles. The van der Waals surface area contributed by atoms with E-state index in [0.717, 1.165) is 36.6 Å². The van der Waals surface area contributed by atoms with E-state index in [1.165, 1.54) is 6.07 Å². The number of nitrogens with zero attached hydrogens (tertiary/aromatic N) is 6. The summed E-state index contributed by atoms with van der Waals surface area (Å²) in [5.41, 5.74) is 0.976. The number of rotatable bonds is 3. The van der Waals surface area contributed by atoms with Crippen LogP contribution in [-0.4, -0.2) is 71.5 Å². The van der Waals surface area contributed by atoms with E-state index in [4.69, 9.17) is 0 Å². The molecule has 2 atom stereocenters. The van der Waals surface area contributed by atoms with Crippen LogP contribution in [0.3, 0.4) is 0 Å². The highest BCUT2D eigenvalue weighted by molar-refractivity contribution is 7.90. The minimum absolute atomic E-state index is 0.0931. The molecule has 0 aliphatic carbocycles. The van der Waals surface area contributed by atoms with Gasteiger partial charge in [0.2, 0.25) is 0 Å². The van der Waals surface area contributed by atoms with Crippen molar-refractivity contribution in [1.82, 2.24) is 24.7 Å². The second-order valence-corrected chi connectivity index (χ2v) is 10.1. The Labute approximate surface area is 174 Å². The Morgan fingerprint density at radius 1 is 1.00 bits per heavy atom. The molecule has 2 aliphatic heterocycles. The first kappa shape index (κ1) is 19.0. The van der Waals surface area contributed by atoms with E-state index < -0.39 is 9.84 Å². The molecular weight excluding hydrogens is 404 g/mol. The Balaban J connectivity index is 1.32. The molecule has 2 aromatic heterocycles. The van der Waals surface area contributed by atoms with Gasteiger partial charge in [-0.2, -0.15) is 4.52 Å². The van der Waals surface area contributed by atoms with Gasteiger partial charge >= 0.3 is 0 Å². The van der Waals surface area contributed by atoms with Crippen LogP contribution in [0.2, 0.25) is 0 Å². The molecule has 2 unspecified atom stereocenters. The summed E-state index contributed by atoms with van der Waals surface area (Å²) in [6, 6.07) is 10.3. The third-order valence-corrected chi connectivity index (χ3v) is 7.17. The van der Waals surface area contributed by atoms with Gasteiger partial charge in [0.1, 0.15) is 5.82 Å². The van der Waals surface area contributed by atoms with Crippen molar-refractivity contribution in [2.45, 2.75) is 11.8 Å². The number of carbonyl (C=O) groups excluding carboxylic acids is 1. The zero-order valence-corrected chi connectivity index (χ0v) is 17.6.